The Balaban J connectivity index is 1.52. The quantitative estimate of drug-likeness (QED) is 0.392. The minimum absolute atomic E-state index is 0.188. The van der Waals surface area contributed by atoms with Gasteiger partial charge in [-0.15, -0.1) is 13.2 Å². The Labute approximate surface area is 247 Å². The third kappa shape index (κ3) is 4.90. The second-order valence-corrected chi connectivity index (χ2v) is 11.3. The number of carbonyl (C=O) groups excluding carboxylic acids is 3. The fourth-order valence-corrected chi connectivity index (χ4v) is 6.98. The number of hydrogen-bond acceptors (Lipinski definition) is 6. The Morgan fingerprint density at radius 1 is 1.12 bits per heavy atom. The number of amides is 3. The summed E-state index contributed by atoms with van der Waals surface area (Å²) in [6, 6.07) is 15.1. The standard InChI is InChI=1S/C33H39N3O6/c1-5-18-34(20-23-10-8-7-9-11-23)30(38)27-26-16-17-33(42-26)28(27)31(39)36(22(3)21-37)29(33)32(40)35(19-6-2)24-12-14-25(41-4)15-13-24/h5-15,22,26-29,37H,1-2,16-21H2,3-4H3/t22-,26-,27+,28+,29?,33?/m1/s1. The molecule has 3 aliphatic rings. The highest BCUT2D eigenvalue weighted by Gasteiger charge is 2.75. The first-order chi connectivity index (χ1) is 20.3. The van der Waals surface area contributed by atoms with Gasteiger partial charge in [-0.05, 0) is 49.6 Å². The highest BCUT2D eigenvalue weighted by atomic mass is 16.5. The highest BCUT2D eigenvalue weighted by molar-refractivity contribution is 6.05. The predicted octanol–water partition coefficient (Wildman–Crippen LogP) is 3.18. The van der Waals surface area contributed by atoms with Gasteiger partial charge in [0.25, 0.3) is 5.91 Å². The van der Waals surface area contributed by atoms with E-state index >= 15 is 0 Å². The van der Waals surface area contributed by atoms with Crippen molar-refractivity contribution >= 4 is 23.4 Å². The summed E-state index contributed by atoms with van der Waals surface area (Å²) < 4.78 is 11.9. The second kappa shape index (κ2) is 12.1. The molecule has 3 heterocycles. The fourth-order valence-electron chi connectivity index (χ4n) is 6.98. The number of benzene rings is 2. The average molecular weight is 574 g/mol. The topological polar surface area (TPSA) is 99.6 Å². The SMILES string of the molecule is C=CCN(Cc1ccccc1)C(=O)[C@@H]1[C@H]2C(=O)N([C@H](C)CO)C(C(=O)N(CC=C)c3ccc(OC)cc3)C23CC[C@H]1O3. The van der Waals surface area contributed by atoms with Gasteiger partial charge in [-0.1, -0.05) is 42.5 Å². The van der Waals surface area contributed by atoms with Crippen LogP contribution in [0.2, 0.25) is 0 Å². The molecule has 0 aromatic heterocycles. The van der Waals surface area contributed by atoms with Crippen molar-refractivity contribution in [2.75, 3.05) is 31.7 Å². The van der Waals surface area contributed by atoms with Crippen LogP contribution in [0.25, 0.3) is 0 Å². The van der Waals surface area contributed by atoms with Crippen molar-refractivity contribution in [2.24, 2.45) is 11.8 Å². The first kappa shape index (κ1) is 29.5. The van der Waals surface area contributed by atoms with Crippen LogP contribution in [0, 0.1) is 11.8 Å². The monoisotopic (exact) mass is 573 g/mol. The molecule has 5 rings (SSSR count). The van der Waals surface area contributed by atoms with Crippen molar-refractivity contribution in [1.82, 2.24) is 9.80 Å². The van der Waals surface area contributed by atoms with E-state index < -0.39 is 35.6 Å². The van der Waals surface area contributed by atoms with Gasteiger partial charge in [0.15, 0.2) is 0 Å². The third-order valence-corrected chi connectivity index (χ3v) is 8.84. The van der Waals surface area contributed by atoms with E-state index in [0.717, 1.165) is 5.56 Å². The van der Waals surface area contributed by atoms with Gasteiger partial charge in [0, 0.05) is 25.3 Å². The molecule has 0 saturated carbocycles. The van der Waals surface area contributed by atoms with E-state index in [4.69, 9.17) is 9.47 Å². The summed E-state index contributed by atoms with van der Waals surface area (Å²) in [5.74, 6) is -1.79. The first-order valence-electron chi connectivity index (χ1n) is 14.4. The van der Waals surface area contributed by atoms with Crippen molar-refractivity contribution in [3.8, 4) is 5.75 Å². The van der Waals surface area contributed by atoms with Gasteiger partial charge in [-0.2, -0.15) is 0 Å². The van der Waals surface area contributed by atoms with Gasteiger partial charge in [-0.25, -0.2) is 0 Å². The summed E-state index contributed by atoms with van der Waals surface area (Å²) in [4.78, 5) is 47.8. The van der Waals surface area contributed by atoms with Crippen LogP contribution in [-0.2, 0) is 25.7 Å². The molecule has 2 aromatic carbocycles. The molecule has 2 bridgehead atoms. The highest BCUT2D eigenvalue weighted by Crippen LogP contribution is 2.59. The van der Waals surface area contributed by atoms with Crippen molar-refractivity contribution in [3.05, 3.63) is 85.5 Å². The first-order valence-corrected chi connectivity index (χ1v) is 14.4. The van der Waals surface area contributed by atoms with Crippen molar-refractivity contribution in [2.45, 2.75) is 50.1 Å². The van der Waals surface area contributed by atoms with E-state index in [1.165, 1.54) is 4.90 Å². The minimum atomic E-state index is -1.18. The lowest BCUT2D eigenvalue weighted by atomic mass is 9.70. The number of nitrogens with zero attached hydrogens (tertiary/aromatic N) is 3. The van der Waals surface area contributed by atoms with E-state index in [1.807, 2.05) is 30.3 Å². The number of likely N-dealkylation sites (tertiary alicyclic amines) is 1. The number of methoxy groups -OCH3 is 1. The number of carbonyl (C=O) groups is 3. The zero-order chi connectivity index (χ0) is 30.0. The third-order valence-electron chi connectivity index (χ3n) is 8.84. The normalized spacial score (nSPS) is 26.5. The molecular formula is C33H39N3O6. The van der Waals surface area contributed by atoms with Gasteiger partial charge in [0.1, 0.15) is 17.4 Å². The molecule has 42 heavy (non-hydrogen) atoms. The molecule has 1 spiro atoms. The smallest absolute Gasteiger partial charge is 0.253 e. The Morgan fingerprint density at radius 2 is 1.81 bits per heavy atom. The molecular weight excluding hydrogens is 534 g/mol. The zero-order valence-corrected chi connectivity index (χ0v) is 24.2. The van der Waals surface area contributed by atoms with Crippen LogP contribution in [0.15, 0.2) is 79.9 Å². The van der Waals surface area contributed by atoms with Crippen LogP contribution < -0.4 is 9.64 Å². The Morgan fingerprint density at radius 3 is 2.43 bits per heavy atom. The van der Waals surface area contributed by atoms with E-state index in [1.54, 1.807) is 60.3 Å². The van der Waals surface area contributed by atoms with Crippen molar-refractivity contribution in [1.29, 1.82) is 0 Å². The van der Waals surface area contributed by atoms with Crippen LogP contribution in [0.1, 0.15) is 25.3 Å². The summed E-state index contributed by atoms with van der Waals surface area (Å²) >= 11 is 0. The van der Waals surface area contributed by atoms with Crippen LogP contribution in [0.3, 0.4) is 0 Å². The Kier molecular flexibility index (Phi) is 8.52. The number of ether oxygens (including phenoxy) is 2. The van der Waals surface area contributed by atoms with E-state index in [-0.39, 0.29) is 30.9 Å². The number of rotatable bonds is 12. The van der Waals surface area contributed by atoms with Gasteiger partial charge in [0.05, 0.1) is 37.7 Å². The molecule has 0 aliphatic carbocycles. The van der Waals surface area contributed by atoms with Crippen LogP contribution in [-0.4, -0.2) is 83.2 Å². The molecule has 6 atom stereocenters. The van der Waals surface area contributed by atoms with E-state index in [9.17, 15) is 19.5 Å². The Hall–Kier alpha value is -3.95. The van der Waals surface area contributed by atoms with E-state index in [0.29, 0.717) is 37.4 Å². The molecule has 2 aromatic rings. The molecule has 3 saturated heterocycles. The lowest BCUT2D eigenvalue weighted by Crippen LogP contribution is -2.58. The second-order valence-electron chi connectivity index (χ2n) is 11.3. The minimum Gasteiger partial charge on any atom is -0.497 e. The zero-order valence-electron chi connectivity index (χ0n) is 24.2. The van der Waals surface area contributed by atoms with Gasteiger partial charge in [-0.3, -0.25) is 14.4 Å². The van der Waals surface area contributed by atoms with Crippen molar-refractivity contribution in [3.63, 3.8) is 0 Å². The summed E-state index contributed by atoms with van der Waals surface area (Å²) in [7, 11) is 1.57. The summed E-state index contributed by atoms with van der Waals surface area (Å²) in [6.07, 6.45) is 3.85. The molecule has 1 N–H and O–H groups in total. The maximum atomic E-state index is 14.5. The van der Waals surface area contributed by atoms with Gasteiger partial charge >= 0.3 is 0 Å². The molecule has 9 heteroatoms. The largest absolute Gasteiger partial charge is 0.497 e. The maximum Gasteiger partial charge on any atom is 0.253 e. The maximum absolute atomic E-state index is 14.5. The molecule has 3 amide bonds. The van der Waals surface area contributed by atoms with Crippen molar-refractivity contribution < 1.29 is 29.0 Å². The summed E-state index contributed by atoms with van der Waals surface area (Å²) in [6.45, 7) is 9.95. The number of aliphatic hydroxyl groups is 1. The molecule has 9 nitrogen and oxygen atoms in total. The Bertz CT molecular complexity index is 1330. The summed E-state index contributed by atoms with van der Waals surface area (Å²) in [5, 5.41) is 10.2. The lowest BCUT2D eigenvalue weighted by Gasteiger charge is -2.38. The molecule has 222 valence electrons. The van der Waals surface area contributed by atoms with Crippen LogP contribution >= 0.6 is 0 Å². The van der Waals surface area contributed by atoms with Gasteiger partial charge < -0.3 is 29.3 Å². The van der Waals surface area contributed by atoms with Crippen LogP contribution in [0.5, 0.6) is 5.75 Å². The number of hydrogen-bond donors (Lipinski definition) is 1. The summed E-state index contributed by atoms with van der Waals surface area (Å²) in [5.41, 5.74) is 0.401. The number of aliphatic hydroxyl groups excluding tert-OH is 1. The van der Waals surface area contributed by atoms with E-state index in [2.05, 4.69) is 13.2 Å². The molecule has 2 unspecified atom stereocenters. The van der Waals surface area contributed by atoms with Gasteiger partial charge in [0.2, 0.25) is 11.8 Å². The molecule has 0 radical (unpaired) electrons. The lowest BCUT2D eigenvalue weighted by molar-refractivity contribution is -0.147. The number of fused-ring (bicyclic) bond motifs is 1. The van der Waals surface area contributed by atoms with Crippen LogP contribution in [0.4, 0.5) is 5.69 Å². The average Bonchev–Trinajstić information content (AvgIpc) is 3.66. The number of anilines is 1. The molecule has 3 fully saturated rings. The predicted molar refractivity (Wildman–Crippen MR) is 159 cm³/mol. The fraction of sp³-hybridized carbons (Fsp3) is 0.424. The molecule has 3 aliphatic heterocycles.